The van der Waals surface area contributed by atoms with E-state index in [2.05, 4.69) is 63.1 Å². The Labute approximate surface area is 156 Å². The molecule has 6 heteroatoms. The Hall–Kier alpha value is -2.37. The molecule has 0 aliphatic carbocycles. The molecule has 6 nitrogen and oxygen atoms in total. The van der Waals surface area contributed by atoms with Gasteiger partial charge in [0.2, 0.25) is 0 Å². The van der Waals surface area contributed by atoms with Crippen LogP contribution < -0.4 is 5.32 Å². The third kappa shape index (κ3) is 4.62. The minimum absolute atomic E-state index is 0.828. The molecule has 1 aliphatic rings. The fourth-order valence-corrected chi connectivity index (χ4v) is 3.31. The van der Waals surface area contributed by atoms with Crippen LogP contribution in [0.2, 0.25) is 0 Å². The number of nitrogens with one attached hydrogen (secondary N) is 1. The first-order valence-electron chi connectivity index (χ1n) is 9.78. The van der Waals surface area contributed by atoms with E-state index in [1.807, 2.05) is 6.33 Å². The Morgan fingerprint density at radius 1 is 1.23 bits per heavy atom. The monoisotopic (exact) mass is 354 g/mol. The van der Waals surface area contributed by atoms with Gasteiger partial charge in [0.1, 0.15) is 12.2 Å². The van der Waals surface area contributed by atoms with Gasteiger partial charge in [-0.05, 0) is 24.0 Å². The Kier molecular flexibility index (Phi) is 6.63. The van der Waals surface area contributed by atoms with Crippen molar-refractivity contribution in [1.29, 1.82) is 0 Å². The zero-order valence-electron chi connectivity index (χ0n) is 16.0. The van der Waals surface area contributed by atoms with Crippen molar-refractivity contribution in [1.82, 2.24) is 25.0 Å². The van der Waals surface area contributed by atoms with Crippen molar-refractivity contribution in [3.8, 4) is 0 Å². The highest BCUT2D eigenvalue weighted by Gasteiger charge is 2.18. The van der Waals surface area contributed by atoms with E-state index in [-0.39, 0.29) is 0 Å². The summed E-state index contributed by atoms with van der Waals surface area (Å²) in [7, 11) is 0. The fourth-order valence-electron chi connectivity index (χ4n) is 3.31. The van der Waals surface area contributed by atoms with Crippen molar-refractivity contribution in [2.45, 2.75) is 52.6 Å². The molecular formula is C20H30N6. The molecule has 1 N–H and O–H groups in total. The minimum Gasteiger partial charge on any atom is -0.354 e. The highest BCUT2D eigenvalue weighted by atomic mass is 15.3. The van der Waals surface area contributed by atoms with E-state index < -0.39 is 0 Å². The lowest BCUT2D eigenvalue weighted by Gasteiger charge is -2.32. The third-order valence-corrected chi connectivity index (χ3v) is 4.85. The molecule has 2 aromatic rings. The second-order valence-corrected chi connectivity index (χ2v) is 6.72. The molecule has 0 atom stereocenters. The Morgan fingerprint density at radius 2 is 2.08 bits per heavy atom. The highest BCUT2D eigenvalue weighted by Crippen LogP contribution is 2.18. The zero-order chi connectivity index (χ0) is 18.2. The molecule has 140 valence electrons. The summed E-state index contributed by atoms with van der Waals surface area (Å²) in [4.78, 5) is 7.24. The smallest absolute Gasteiger partial charge is 0.194 e. The normalized spacial score (nSPS) is 14.4. The van der Waals surface area contributed by atoms with Gasteiger partial charge in [-0.3, -0.25) is 4.99 Å². The van der Waals surface area contributed by atoms with Gasteiger partial charge in [0, 0.05) is 39.1 Å². The van der Waals surface area contributed by atoms with Gasteiger partial charge >= 0.3 is 0 Å². The van der Waals surface area contributed by atoms with E-state index in [1.165, 1.54) is 17.5 Å². The van der Waals surface area contributed by atoms with Crippen LogP contribution in [0.25, 0.3) is 0 Å². The van der Waals surface area contributed by atoms with Gasteiger partial charge in [0.15, 0.2) is 5.96 Å². The molecule has 2 heterocycles. The number of unbranched alkanes of at least 4 members (excludes halogenated alkanes) is 1. The van der Waals surface area contributed by atoms with E-state index in [0.717, 1.165) is 63.8 Å². The largest absolute Gasteiger partial charge is 0.354 e. The van der Waals surface area contributed by atoms with Crippen LogP contribution in [0.3, 0.4) is 0 Å². The van der Waals surface area contributed by atoms with Crippen LogP contribution in [-0.2, 0) is 25.9 Å². The predicted molar refractivity (Wildman–Crippen MR) is 105 cm³/mol. The third-order valence-electron chi connectivity index (χ3n) is 4.85. The topological polar surface area (TPSA) is 58.3 Å². The molecule has 3 rings (SSSR count). The molecule has 0 radical (unpaired) electrons. The summed E-state index contributed by atoms with van der Waals surface area (Å²) in [5, 5.41) is 11.7. The SMILES string of the molecule is CCCCN=C(NCCn1cnnc1CC)N1CCc2ccccc2C1. The van der Waals surface area contributed by atoms with Gasteiger partial charge in [-0.2, -0.15) is 0 Å². The number of benzene rings is 1. The number of fused-ring (bicyclic) bond motifs is 1. The lowest BCUT2D eigenvalue weighted by atomic mass is 10.0. The average Bonchev–Trinajstić information content (AvgIpc) is 3.14. The van der Waals surface area contributed by atoms with Gasteiger partial charge in [-0.1, -0.05) is 44.5 Å². The number of hydrogen-bond acceptors (Lipinski definition) is 3. The van der Waals surface area contributed by atoms with Gasteiger partial charge in [0.05, 0.1) is 0 Å². The number of nitrogens with zero attached hydrogens (tertiary/aromatic N) is 5. The quantitative estimate of drug-likeness (QED) is 0.472. The lowest BCUT2D eigenvalue weighted by Crippen LogP contribution is -2.45. The van der Waals surface area contributed by atoms with Gasteiger partial charge in [-0.25, -0.2) is 0 Å². The Morgan fingerprint density at radius 3 is 2.88 bits per heavy atom. The van der Waals surface area contributed by atoms with Crippen molar-refractivity contribution < 1.29 is 0 Å². The van der Waals surface area contributed by atoms with Crippen molar-refractivity contribution in [3.05, 3.63) is 47.5 Å². The van der Waals surface area contributed by atoms with Crippen LogP contribution in [0.1, 0.15) is 43.6 Å². The zero-order valence-corrected chi connectivity index (χ0v) is 16.0. The second kappa shape index (κ2) is 9.36. The van der Waals surface area contributed by atoms with Crippen LogP contribution in [-0.4, -0.2) is 45.3 Å². The van der Waals surface area contributed by atoms with Crippen molar-refractivity contribution >= 4 is 5.96 Å². The van der Waals surface area contributed by atoms with Crippen LogP contribution in [0.5, 0.6) is 0 Å². The number of aromatic nitrogens is 3. The summed E-state index contributed by atoms with van der Waals surface area (Å²) in [6, 6.07) is 8.73. The maximum absolute atomic E-state index is 4.86. The Balaban J connectivity index is 1.63. The Bertz CT molecular complexity index is 721. The molecule has 0 bridgehead atoms. The molecule has 0 saturated carbocycles. The number of aryl methyl sites for hydroxylation is 1. The van der Waals surface area contributed by atoms with E-state index >= 15 is 0 Å². The number of rotatable bonds is 7. The molecular weight excluding hydrogens is 324 g/mol. The molecule has 0 unspecified atom stereocenters. The van der Waals surface area contributed by atoms with Crippen molar-refractivity contribution in [2.24, 2.45) is 4.99 Å². The van der Waals surface area contributed by atoms with E-state index in [1.54, 1.807) is 0 Å². The summed E-state index contributed by atoms with van der Waals surface area (Å²) in [6.45, 7) is 8.82. The van der Waals surface area contributed by atoms with E-state index in [9.17, 15) is 0 Å². The summed E-state index contributed by atoms with van der Waals surface area (Å²) in [5.41, 5.74) is 2.88. The van der Waals surface area contributed by atoms with Crippen molar-refractivity contribution in [3.63, 3.8) is 0 Å². The number of aliphatic imine (C=N–C) groups is 1. The van der Waals surface area contributed by atoms with Crippen LogP contribution in [0, 0.1) is 0 Å². The fraction of sp³-hybridized carbons (Fsp3) is 0.550. The van der Waals surface area contributed by atoms with Crippen LogP contribution in [0.4, 0.5) is 0 Å². The molecule has 0 fully saturated rings. The second-order valence-electron chi connectivity index (χ2n) is 6.72. The van der Waals surface area contributed by atoms with Crippen LogP contribution in [0.15, 0.2) is 35.6 Å². The van der Waals surface area contributed by atoms with Gasteiger partial charge < -0.3 is 14.8 Å². The predicted octanol–water partition coefficient (Wildman–Crippen LogP) is 2.64. The summed E-state index contributed by atoms with van der Waals surface area (Å²) in [5.74, 6) is 2.06. The van der Waals surface area contributed by atoms with Crippen molar-refractivity contribution in [2.75, 3.05) is 19.6 Å². The first-order valence-corrected chi connectivity index (χ1v) is 9.78. The van der Waals surface area contributed by atoms with Gasteiger partial charge in [-0.15, -0.1) is 10.2 Å². The maximum Gasteiger partial charge on any atom is 0.194 e. The first kappa shape index (κ1) is 18.4. The number of guanidine groups is 1. The molecule has 0 saturated heterocycles. The maximum atomic E-state index is 4.86. The molecule has 0 amide bonds. The molecule has 26 heavy (non-hydrogen) atoms. The average molecular weight is 355 g/mol. The lowest BCUT2D eigenvalue weighted by molar-refractivity contribution is 0.376. The summed E-state index contributed by atoms with van der Waals surface area (Å²) in [6.07, 6.45) is 6.09. The van der Waals surface area contributed by atoms with E-state index in [0.29, 0.717) is 0 Å². The molecule has 0 spiro atoms. The summed E-state index contributed by atoms with van der Waals surface area (Å²) >= 11 is 0. The molecule has 1 aliphatic heterocycles. The minimum atomic E-state index is 0.828. The first-order chi connectivity index (χ1) is 12.8. The van der Waals surface area contributed by atoms with Gasteiger partial charge in [0.25, 0.3) is 0 Å². The number of hydrogen-bond donors (Lipinski definition) is 1. The standard InChI is InChI=1S/C20H30N6/c1-3-5-11-21-20(22-12-14-26-16-23-24-19(26)4-2)25-13-10-17-8-6-7-9-18(17)15-25/h6-9,16H,3-5,10-15H2,1-2H3,(H,21,22). The molecule has 1 aromatic carbocycles. The summed E-state index contributed by atoms with van der Waals surface area (Å²) < 4.78 is 2.11. The van der Waals surface area contributed by atoms with Crippen LogP contribution >= 0.6 is 0 Å². The van der Waals surface area contributed by atoms with E-state index in [4.69, 9.17) is 4.99 Å². The highest BCUT2D eigenvalue weighted by molar-refractivity contribution is 5.80. The molecule has 1 aromatic heterocycles.